The van der Waals surface area contributed by atoms with Crippen molar-refractivity contribution >= 4 is 17.9 Å². The van der Waals surface area contributed by atoms with E-state index in [1.165, 1.54) is 38.5 Å². The normalized spacial score (nSPS) is 13.0. The third-order valence-corrected chi connectivity index (χ3v) is 9.07. The summed E-state index contributed by atoms with van der Waals surface area (Å²) in [5.41, 5.74) is 0. The Morgan fingerprint density at radius 2 is 0.772 bits per heavy atom. The molecule has 57 heavy (non-hydrogen) atoms. The van der Waals surface area contributed by atoms with Crippen molar-refractivity contribution in [3.8, 4) is 0 Å². The molecule has 0 saturated carbocycles. The quantitative estimate of drug-likeness (QED) is 0.0203. The van der Waals surface area contributed by atoms with E-state index in [0.29, 0.717) is 19.3 Å². The van der Waals surface area contributed by atoms with Gasteiger partial charge >= 0.3 is 17.9 Å². The van der Waals surface area contributed by atoms with Crippen molar-refractivity contribution in [1.29, 1.82) is 0 Å². The van der Waals surface area contributed by atoms with Crippen LogP contribution in [0.4, 0.5) is 0 Å². The lowest BCUT2D eigenvalue weighted by atomic mass is 10.1. The predicted molar refractivity (Wildman–Crippen MR) is 242 cm³/mol. The monoisotopic (exact) mass is 791 g/mol. The summed E-state index contributed by atoms with van der Waals surface area (Å²) in [7, 11) is 0. The second-order valence-corrected chi connectivity index (χ2v) is 14.6. The number of allylic oxidation sites excluding steroid dienone is 16. The summed E-state index contributed by atoms with van der Waals surface area (Å²) in [6.07, 6.45) is 58.3. The second-order valence-electron chi connectivity index (χ2n) is 14.6. The smallest absolute Gasteiger partial charge is 0.306 e. The Bertz CT molecular complexity index is 1180. The van der Waals surface area contributed by atoms with Gasteiger partial charge in [0.2, 0.25) is 0 Å². The van der Waals surface area contributed by atoms with E-state index >= 15 is 0 Å². The van der Waals surface area contributed by atoms with Gasteiger partial charge in [-0.3, -0.25) is 14.4 Å². The Morgan fingerprint density at radius 3 is 1.28 bits per heavy atom. The highest BCUT2D eigenvalue weighted by molar-refractivity contribution is 5.71. The predicted octanol–water partition coefficient (Wildman–Crippen LogP) is 14.6. The van der Waals surface area contributed by atoms with Gasteiger partial charge in [0.1, 0.15) is 13.2 Å². The lowest BCUT2D eigenvalue weighted by Crippen LogP contribution is -2.30. The van der Waals surface area contributed by atoms with Gasteiger partial charge in [-0.25, -0.2) is 0 Å². The van der Waals surface area contributed by atoms with Gasteiger partial charge in [0.15, 0.2) is 6.10 Å². The Hall–Kier alpha value is -3.67. The summed E-state index contributed by atoms with van der Waals surface area (Å²) in [6, 6.07) is 0. The van der Waals surface area contributed by atoms with Gasteiger partial charge in [0.25, 0.3) is 0 Å². The molecule has 0 aromatic carbocycles. The van der Waals surface area contributed by atoms with Crippen molar-refractivity contribution in [1.82, 2.24) is 0 Å². The van der Waals surface area contributed by atoms with Gasteiger partial charge in [0.05, 0.1) is 0 Å². The average Bonchev–Trinajstić information content (AvgIpc) is 3.21. The minimum atomic E-state index is -0.814. The molecule has 0 aliphatic heterocycles. The van der Waals surface area contributed by atoms with Crippen molar-refractivity contribution in [3.63, 3.8) is 0 Å². The molecule has 0 aliphatic carbocycles. The van der Waals surface area contributed by atoms with Crippen LogP contribution in [0.15, 0.2) is 97.2 Å². The molecule has 0 aromatic rings. The Labute approximate surface area is 349 Å². The Kier molecular flexibility index (Phi) is 42.1. The van der Waals surface area contributed by atoms with Crippen LogP contribution in [0.2, 0.25) is 0 Å². The van der Waals surface area contributed by atoms with E-state index < -0.39 is 6.10 Å². The summed E-state index contributed by atoms with van der Waals surface area (Å²) in [5, 5.41) is 0. The topological polar surface area (TPSA) is 78.9 Å². The van der Waals surface area contributed by atoms with E-state index in [1.807, 2.05) is 0 Å². The van der Waals surface area contributed by atoms with Crippen LogP contribution in [0.3, 0.4) is 0 Å². The van der Waals surface area contributed by atoms with Crippen LogP contribution in [0, 0.1) is 0 Å². The van der Waals surface area contributed by atoms with Gasteiger partial charge in [-0.2, -0.15) is 0 Å². The SMILES string of the molecule is CC/C=C\C/C=C\C/C=C\C/C=C\C/C=C\CCCCCC(=O)OCC(COC(=O)CCC/C=C\CCCCCC)OC(=O)CCCCC/C=C\C=C/CCCC. The zero-order valence-electron chi connectivity index (χ0n) is 36.6. The zero-order chi connectivity index (χ0) is 41.5. The first kappa shape index (κ1) is 53.3. The molecule has 0 bridgehead atoms. The molecule has 0 aliphatic rings. The molecular weight excluding hydrogens is 709 g/mol. The Balaban J connectivity index is 4.46. The largest absolute Gasteiger partial charge is 0.462 e. The third-order valence-electron chi connectivity index (χ3n) is 9.07. The fourth-order valence-corrected chi connectivity index (χ4v) is 5.62. The maximum atomic E-state index is 12.7. The molecule has 0 aromatic heterocycles. The molecule has 1 unspecified atom stereocenters. The molecule has 0 spiro atoms. The van der Waals surface area contributed by atoms with Gasteiger partial charge in [-0.05, 0) is 103 Å². The number of unbranched alkanes of at least 4 members (excludes halogenated alkanes) is 13. The summed E-state index contributed by atoms with van der Waals surface area (Å²) in [6.45, 7) is 6.32. The molecule has 322 valence electrons. The van der Waals surface area contributed by atoms with Gasteiger partial charge in [-0.15, -0.1) is 0 Å². The van der Waals surface area contributed by atoms with E-state index in [-0.39, 0.29) is 37.5 Å². The first-order valence-electron chi connectivity index (χ1n) is 22.8. The number of ether oxygens (including phenoxy) is 3. The van der Waals surface area contributed by atoms with Crippen LogP contribution < -0.4 is 0 Å². The number of hydrogen-bond acceptors (Lipinski definition) is 6. The summed E-state index contributed by atoms with van der Waals surface area (Å²) >= 11 is 0. The first-order chi connectivity index (χ1) is 28.0. The minimum absolute atomic E-state index is 0.116. The van der Waals surface area contributed by atoms with Crippen molar-refractivity contribution in [3.05, 3.63) is 97.2 Å². The minimum Gasteiger partial charge on any atom is -0.462 e. The van der Waals surface area contributed by atoms with Crippen LogP contribution in [0.25, 0.3) is 0 Å². The maximum absolute atomic E-state index is 12.7. The lowest BCUT2D eigenvalue weighted by molar-refractivity contribution is -0.167. The first-order valence-corrected chi connectivity index (χ1v) is 22.8. The number of rotatable bonds is 39. The van der Waals surface area contributed by atoms with E-state index in [4.69, 9.17) is 14.2 Å². The number of esters is 3. The lowest BCUT2D eigenvalue weighted by Gasteiger charge is -2.18. The van der Waals surface area contributed by atoms with Crippen LogP contribution in [-0.2, 0) is 28.6 Å². The fourth-order valence-electron chi connectivity index (χ4n) is 5.62. The molecule has 1 atom stereocenters. The summed E-state index contributed by atoms with van der Waals surface area (Å²) in [4.78, 5) is 37.6. The standard InChI is InChI=1S/C51H82O6/c1-4-7-10-13-16-19-21-22-23-24-25-26-27-28-30-32-35-38-41-44-50(53)56-47-48(46-55-49(52)43-40-37-34-31-18-15-12-9-6-3)57-51(54)45-42-39-36-33-29-20-17-14-11-8-5-2/h7,10,14,16-17,19-20,22-23,25-26,28-31,34,48H,4-6,8-9,11-13,15,18,21,24,27,32-33,35-47H2,1-3H3/b10-7-,17-14-,19-16-,23-22-,26-25-,29-20-,30-28-,34-31-. The molecular formula is C51H82O6. The van der Waals surface area contributed by atoms with E-state index in [2.05, 4.69) is 118 Å². The molecule has 0 fully saturated rings. The Morgan fingerprint density at radius 1 is 0.386 bits per heavy atom. The van der Waals surface area contributed by atoms with Crippen molar-refractivity contribution in [2.75, 3.05) is 13.2 Å². The molecule has 0 heterocycles. The molecule has 6 heteroatoms. The zero-order valence-corrected chi connectivity index (χ0v) is 36.6. The molecule has 0 amide bonds. The highest BCUT2D eigenvalue weighted by Gasteiger charge is 2.19. The summed E-state index contributed by atoms with van der Waals surface area (Å²) < 4.78 is 16.6. The summed E-state index contributed by atoms with van der Waals surface area (Å²) in [5.74, 6) is -1.02. The number of hydrogen-bond donors (Lipinski definition) is 0. The number of carbonyl (C=O) groups excluding carboxylic acids is 3. The molecule has 0 N–H and O–H groups in total. The molecule has 0 rings (SSSR count). The van der Waals surface area contributed by atoms with Gasteiger partial charge in [0, 0.05) is 19.3 Å². The molecule has 0 radical (unpaired) electrons. The van der Waals surface area contributed by atoms with E-state index in [1.54, 1.807) is 0 Å². The van der Waals surface area contributed by atoms with Crippen LogP contribution in [0.1, 0.15) is 188 Å². The maximum Gasteiger partial charge on any atom is 0.306 e. The van der Waals surface area contributed by atoms with E-state index in [9.17, 15) is 14.4 Å². The fraction of sp³-hybridized carbons (Fsp3) is 0.627. The third kappa shape index (κ3) is 43.3. The average molecular weight is 791 g/mol. The van der Waals surface area contributed by atoms with Crippen LogP contribution >= 0.6 is 0 Å². The van der Waals surface area contributed by atoms with Crippen molar-refractivity contribution < 1.29 is 28.6 Å². The highest BCUT2D eigenvalue weighted by Crippen LogP contribution is 2.11. The van der Waals surface area contributed by atoms with Crippen molar-refractivity contribution in [2.24, 2.45) is 0 Å². The second kappa shape index (κ2) is 45.0. The van der Waals surface area contributed by atoms with Crippen LogP contribution in [-0.4, -0.2) is 37.2 Å². The van der Waals surface area contributed by atoms with Crippen molar-refractivity contribution in [2.45, 2.75) is 194 Å². The highest BCUT2D eigenvalue weighted by atomic mass is 16.6. The van der Waals surface area contributed by atoms with Gasteiger partial charge < -0.3 is 14.2 Å². The number of carbonyl (C=O) groups is 3. The van der Waals surface area contributed by atoms with Gasteiger partial charge in [-0.1, -0.05) is 163 Å². The molecule has 6 nitrogen and oxygen atoms in total. The molecule has 0 saturated heterocycles. The van der Waals surface area contributed by atoms with Crippen LogP contribution in [0.5, 0.6) is 0 Å². The van der Waals surface area contributed by atoms with E-state index in [0.717, 1.165) is 103 Å².